The van der Waals surface area contributed by atoms with Crippen LogP contribution in [0, 0.1) is 11.8 Å². The third-order valence-electron chi connectivity index (χ3n) is 1.43. The third kappa shape index (κ3) is 1.84. The minimum absolute atomic E-state index is 0.318. The van der Waals surface area contributed by atoms with E-state index in [-0.39, 0.29) is 0 Å². The number of rotatable bonds is 2. The zero-order chi connectivity index (χ0) is 10.9. The fourth-order valence-electron chi connectivity index (χ4n) is 0.802. The molecule has 0 N–H and O–H groups in total. The molecule has 1 heterocycles. The summed E-state index contributed by atoms with van der Waals surface area (Å²) < 4.78 is 49.7. The van der Waals surface area contributed by atoms with E-state index in [1.807, 2.05) is 0 Å². The molecule has 2 nitrogen and oxygen atoms in total. The van der Waals surface area contributed by atoms with Crippen LogP contribution in [0.15, 0.2) is 6.20 Å². The molecule has 0 bridgehead atoms. The first-order valence-corrected chi connectivity index (χ1v) is 3.64. The molecule has 0 unspecified atom stereocenters. The molecule has 14 heavy (non-hydrogen) atoms. The van der Waals surface area contributed by atoms with Crippen LogP contribution in [-0.4, -0.2) is 10.2 Å². The lowest BCUT2D eigenvalue weighted by Crippen LogP contribution is -2.06. The van der Waals surface area contributed by atoms with Crippen molar-refractivity contribution in [3.63, 3.8) is 0 Å². The summed E-state index contributed by atoms with van der Waals surface area (Å²) in [5.41, 5.74) is -2.42. The molecule has 0 atom stereocenters. The molecule has 0 spiro atoms. The van der Waals surface area contributed by atoms with E-state index in [0.29, 0.717) is 6.20 Å². The van der Waals surface area contributed by atoms with Crippen molar-refractivity contribution < 1.29 is 22.4 Å². The Morgan fingerprint density at radius 3 is 2.43 bits per heavy atom. The van der Waals surface area contributed by atoms with Crippen molar-refractivity contribution in [2.45, 2.75) is 6.43 Å². The number of aromatic nitrogens is 1. The van der Waals surface area contributed by atoms with Crippen molar-refractivity contribution in [1.29, 1.82) is 0 Å². The number of hydrogen-bond donors (Lipinski definition) is 0. The van der Waals surface area contributed by atoms with Crippen LogP contribution in [0.25, 0.3) is 0 Å². The Labute approximate surface area is 80.5 Å². The zero-order valence-corrected chi connectivity index (χ0v) is 7.16. The van der Waals surface area contributed by atoms with Crippen molar-refractivity contribution in [2.75, 3.05) is 0 Å². The number of carbonyl (C=O) groups is 1. The standard InChI is InChI=1S/C7H2ClF4NO/c8-5(14)3-4(9)2(6(10)11)1-13-7(3)12/h1,6H. The quantitative estimate of drug-likeness (QED) is 0.442. The second kappa shape index (κ2) is 3.91. The maximum Gasteiger partial charge on any atom is 0.268 e. The molecule has 0 aliphatic carbocycles. The summed E-state index contributed by atoms with van der Waals surface area (Å²) in [5, 5.41) is -1.50. The van der Waals surface area contributed by atoms with Crippen LogP contribution in [0.2, 0.25) is 0 Å². The van der Waals surface area contributed by atoms with Crippen LogP contribution >= 0.6 is 11.6 Å². The number of alkyl halides is 2. The molecule has 1 aromatic heterocycles. The Kier molecular flexibility index (Phi) is 3.05. The van der Waals surface area contributed by atoms with E-state index in [1.165, 1.54) is 0 Å². The summed E-state index contributed by atoms with van der Waals surface area (Å²) in [6, 6.07) is 0. The number of halogens is 5. The van der Waals surface area contributed by atoms with E-state index in [1.54, 1.807) is 0 Å². The van der Waals surface area contributed by atoms with Crippen molar-refractivity contribution in [3.8, 4) is 0 Å². The molecule has 0 saturated heterocycles. The van der Waals surface area contributed by atoms with Crippen LogP contribution < -0.4 is 0 Å². The average Bonchev–Trinajstić information content (AvgIpc) is 2.02. The summed E-state index contributed by atoms with van der Waals surface area (Å²) in [6.07, 6.45) is -2.86. The van der Waals surface area contributed by atoms with Gasteiger partial charge in [-0.3, -0.25) is 4.79 Å². The Bertz CT molecular complexity index is 382. The summed E-state index contributed by atoms with van der Waals surface area (Å²) in [5.74, 6) is -3.18. The predicted molar refractivity (Wildman–Crippen MR) is 39.3 cm³/mol. The van der Waals surface area contributed by atoms with E-state index in [4.69, 9.17) is 11.6 Å². The van der Waals surface area contributed by atoms with Gasteiger partial charge in [-0.1, -0.05) is 0 Å². The highest BCUT2D eigenvalue weighted by Crippen LogP contribution is 2.25. The van der Waals surface area contributed by atoms with Crippen molar-refractivity contribution in [1.82, 2.24) is 4.98 Å². The lowest BCUT2D eigenvalue weighted by atomic mass is 10.2. The van der Waals surface area contributed by atoms with Gasteiger partial charge >= 0.3 is 0 Å². The molecular weight excluding hydrogens is 226 g/mol. The van der Waals surface area contributed by atoms with Crippen LogP contribution in [-0.2, 0) is 0 Å². The minimum atomic E-state index is -3.18. The number of hydrogen-bond acceptors (Lipinski definition) is 2. The molecule has 0 aliphatic rings. The molecule has 0 aliphatic heterocycles. The Hall–Kier alpha value is -1.17. The number of pyridine rings is 1. The van der Waals surface area contributed by atoms with Gasteiger partial charge in [0.1, 0.15) is 11.4 Å². The van der Waals surface area contributed by atoms with E-state index >= 15 is 0 Å². The van der Waals surface area contributed by atoms with Crippen molar-refractivity contribution in [2.24, 2.45) is 0 Å². The summed E-state index contributed by atoms with van der Waals surface area (Å²) in [6.45, 7) is 0. The first kappa shape index (κ1) is 10.9. The summed E-state index contributed by atoms with van der Waals surface area (Å²) in [7, 11) is 0. The van der Waals surface area contributed by atoms with Crippen molar-refractivity contribution >= 4 is 16.8 Å². The minimum Gasteiger partial charge on any atom is -0.275 e. The van der Waals surface area contributed by atoms with Crippen LogP contribution in [0.1, 0.15) is 22.3 Å². The van der Waals surface area contributed by atoms with Gasteiger partial charge in [0.05, 0.1) is 5.56 Å². The molecular formula is C7H2ClF4NO. The van der Waals surface area contributed by atoms with Gasteiger partial charge in [-0.2, -0.15) is 4.39 Å². The average molecular weight is 228 g/mol. The van der Waals surface area contributed by atoms with Crippen molar-refractivity contribution in [3.05, 3.63) is 29.1 Å². The van der Waals surface area contributed by atoms with Gasteiger partial charge < -0.3 is 0 Å². The lowest BCUT2D eigenvalue weighted by Gasteiger charge is -2.04. The SMILES string of the molecule is O=C(Cl)c1c(F)ncc(C(F)F)c1F. The molecule has 1 aromatic rings. The number of nitrogens with zero attached hydrogens (tertiary/aromatic N) is 1. The van der Waals surface area contributed by atoms with Gasteiger partial charge in [0.2, 0.25) is 5.95 Å². The normalized spacial score (nSPS) is 10.7. The molecule has 0 amide bonds. The molecule has 0 radical (unpaired) electrons. The third-order valence-corrected chi connectivity index (χ3v) is 1.62. The van der Waals surface area contributed by atoms with Crippen LogP contribution in [0.5, 0.6) is 0 Å². The monoisotopic (exact) mass is 227 g/mol. The topological polar surface area (TPSA) is 30.0 Å². The van der Waals surface area contributed by atoms with E-state index < -0.39 is 34.6 Å². The fourth-order valence-corrected chi connectivity index (χ4v) is 0.963. The predicted octanol–water partition coefficient (Wildman–Crippen LogP) is 2.68. The van der Waals surface area contributed by atoms with Gasteiger partial charge in [-0.25, -0.2) is 18.2 Å². The maximum absolute atomic E-state index is 13.0. The largest absolute Gasteiger partial charge is 0.275 e. The highest BCUT2D eigenvalue weighted by Gasteiger charge is 2.24. The highest BCUT2D eigenvalue weighted by atomic mass is 35.5. The van der Waals surface area contributed by atoms with Crippen LogP contribution in [0.4, 0.5) is 17.6 Å². The van der Waals surface area contributed by atoms with E-state index in [0.717, 1.165) is 0 Å². The van der Waals surface area contributed by atoms with Gasteiger partial charge in [0.15, 0.2) is 0 Å². The fraction of sp³-hybridized carbons (Fsp3) is 0.143. The van der Waals surface area contributed by atoms with Crippen LogP contribution in [0.3, 0.4) is 0 Å². The molecule has 1 rings (SSSR count). The van der Waals surface area contributed by atoms with Gasteiger partial charge in [0, 0.05) is 6.20 Å². The van der Waals surface area contributed by atoms with Gasteiger partial charge in [-0.15, -0.1) is 0 Å². The van der Waals surface area contributed by atoms with E-state index in [2.05, 4.69) is 4.98 Å². The number of carbonyl (C=O) groups excluding carboxylic acids is 1. The van der Waals surface area contributed by atoms with Gasteiger partial charge in [0.25, 0.3) is 11.7 Å². The Morgan fingerprint density at radius 1 is 1.43 bits per heavy atom. The summed E-state index contributed by atoms with van der Waals surface area (Å²) in [4.78, 5) is 13.3. The molecule has 76 valence electrons. The Morgan fingerprint density at radius 2 is 2.00 bits per heavy atom. The molecule has 7 heteroatoms. The second-order valence-electron chi connectivity index (χ2n) is 2.27. The Balaban J connectivity index is 3.41. The first-order chi connectivity index (χ1) is 6.45. The molecule has 0 saturated carbocycles. The maximum atomic E-state index is 13.0. The second-order valence-corrected chi connectivity index (χ2v) is 2.61. The first-order valence-electron chi connectivity index (χ1n) is 3.27. The summed E-state index contributed by atoms with van der Waals surface area (Å²) >= 11 is 4.79. The highest BCUT2D eigenvalue weighted by molar-refractivity contribution is 6.67. The lowest BCUT2D eigenvalue weighted by molar-refractivity contribution is 0.107. The van der Waals surface area contributed by atoms with Gasteiger partial charge in [-0.05, 0) is 11.6 Å². The molecule has 0 aromatic carbocycles. The van der Waals surface area contributed by atoms with E-state index in [9.17, 15) is 22.4 Å². The molecule has 0 fully saturated rings. The smallest absolute Gasteiger partial charge is 0.268 e. The zero-order valence-electron chi connectivity index (χ0n) is 6.40.